The second kappa shape index (κ2) is 4.24. The maximum atomic E-state index is 10.7. The van der Waals surface area contributed by atoms with E-state index in [0.29, 0.717) is 0 Å². The number of primary amides is 1. The first-order valence-corrected chi connectivity index (χ1v) is 4.58. The lowest BCUT2D eigenvalue weighted by molar-refractivity contribution is -0.119. The number of hydrogen-bond acceptors (Lipinski definition) is 3. The zero-order chi connectivity index (χ0) is 9.84. The fourth-order valence-corrected chi connectivity index (χ4v) is 1.69. The number of hydrogen-bond donors (Lipinski definition) is 2. The molecule has 3 atom stereocenters. The summed E-state index contributed by atoms with van der Waals surface area (Å²) in [5.74, 6) is -0.182. The molecule has 4 nitrogen and oxygen atoms in total. The van der Waals surface area contributed by atoms with E-state index in [4.69, 9.17) is 11.0 Å². The highest BCUT2D eigenvalue weighted by molar-refractivity contribution is 5.79. The summed E-state index contributed by atoms with van der Waals surface area (Å²) in [4.78, 5) is 10.7. The van der Waals surface area contributed by atoms with Crippen LogP contribution in [-0.4, -0.2) is 18.0 Å². The first-order chi connectivity index (χ1) is 6.13. The van der Waals surface area contributed by atoms with Crippen LogP contribution in [0.5, 0.6) is 0 Å². The van der Waals surface area contributed by atoms with Crippen molar-refractivity contribution in [1.29, 1.82) is 5.26 Å². The fraction of sp³-hybridized carbons (Fsp3) is 0.778. The van der Waals surface area contributed by atoms with Gasteiger partial charge in [-0.2, -0.15) is 5.26 Å². The van der Waals surface area contributed by atoms with E-state index in [-0.39, 0.29) is 23.9 Å². The molecule has 13 heavy (non-hydrogen) atoms. The van der Waals surface area contributed by atoms with Crippen LogP contribution in [0.25, 0.3) is 0 Å². The monoisotopic (exact) mass is 181 g/mol. The minimum Gasteiger partial charge on any atom is -0.368 e. The van der Waals surface area contributed by atoms with E-state index in [1.54, 1.807) is 6.92 Å². The Bertz CT molecular complexity index is 234. The summed E-state index contributed by atoms with van der Waals surface area (Å²) in [5.41, 5.74) is 5.11. The van der Waals surface area contributed by atoms with Crippen LogP contribution < -0.4 is 11.1 Å². The number of carbonyl (C=O) groups is 1. The molecule has 3 N–H and O–H groups in total. The van der Waals surface area contributed by atoms with Crippen LogP contribution in [0.4, 0.5) is 0 Å². The molecular formula is C9H15N3O. The molecule has 0 aromatic heterocycles. The quantitative estimate of drug-likeness (QED) is 0.650. The zero-order valence-corrected chi connectivity index (χ0v) is 7.79. The number of carbonyl (C=O) groups excluding carboxylic acids is 1. The van der Waals surface area contributed by atoms with Crippen molar-refractivity contribution in [1.82, 2.24) is 5.32 Å². The van der Waals surface area contributed by atoms with E-state index in [9.17, 15) is 4.79 Å². The van der Waals surface area contributed by atoms with Gasteiger partial charge in [-0.25, -0.2) is 0 Å². The molecule has 1 aliphatic rings. The van der Waals surface area contributed by atoms with E-state index >= 15 is 0 Å². The van der Waals surface area contributed by atoms with Gasteiger partial charge in [0.15, 0.2) is 0 Å². The molecule has 1 aliphatic carbocycles. The van der Waals surface area contributed by atoms with Crippen molar-refractivity contribution in [3.63, 3.8) is 0 Å². The molecule has 0 aliphatic heterocycles. The third kappa shape index (κ3) is 2.71. The van der Waals surface area contributed by atoms with Crippen molar-refractivity contribution in [2.45, 2.75) is 38.3 Å². The van der Waals surface area contributed by atoms with Gasteiger partial charge in [0.2, 0.25) is 5.91 Å². The van der Waals surface area contributed by atoms with Gasteiger partial charge in [0.1, 0.15) is 0 Å². The van der Waals surface area contributed by atoms with Crippen LogP contribution in [0.15, 0.2) is 0 Å². The molecule has 0 heterocycles. The highest BCUT2D eigenvalue weighted by Crippen LogP contribution is 2.24. The van der Waals surface area contributed by atoms with Gasteiger partial charge in [-0.3, -0.25) is 4.79 Å². The SMILES string of the molecule is C[C@H](NC1CCC(C#N)C1)C(N)=O. The molecule has 0 radical (unpaired) electrons. The predicted octanol–water partition coefficient (Wildman–Crippen LogP) is 0.142. The van der Waals surface area contributed by atoms with Gasteiger partial charge < -0.3 is 11.1 Å². The van der Waals surface area contributed by atoms with Gasteiger partial charge in [0.25, 0.3) is 0 Å². The Morgan fingerprint density at radius 3 is 2.85 bits per heavy atom. The Balaban J connectivity index is 2.32. The molecule has 0 aromatic rings. The molecular weight excluding hydrogens is 166 g/mol. The summed E-state index contributed by atoms with van der Waals surface area (Å²) in [7, 11) is 0. The second-order valence-electron chi connectivity index (χ2n) is 3.63. The van der Waals surface area contributed by atoms with Gasteiger partial charge in [0.05, 0.1) is 12.1 Å². The number of amides is 1. The summed E-state index contributed by atoms with van der Waals surface area (Å²) < 4.78 is 0. The van der Waals surface area contributed by atoms with Crippen molar-refractivity contribution in [2.75, 3.05) is 0 Å². The van der Waals surface area contributed by atoms with E-state index in [0.717, 1.165) is 19.3 Å². The topological polar surface area (TPSA) is 78.9 Å². The molecule has 1 rings (SSSR count). The van der Waals surface area contributed by atoms with Crippen LogP contribution >= 0.6 is 0 Å². The zero-order valence-electron chi connectivity index (χ0n) is 7.79. The normalized spacial score (nSPS) is 29.5. The average Bonchev–Trinajstić information content (AvgIpc) is 2.52. The second-order valence-corrected chi connectivity index (χ2v) is 3.63. The first-order valence-electron chi connectivity index (χ1n) is 4.58. The van der Waals surface area contributed by atoms with Crippen LogP contribution in [0.3, 0.4) is 0 Å². The van der Waals surface area contributed by atoms with Gasteiger partial charge in [0, 0.05) is 12.0 Å². The van der Waals surface area contributed by atoms with Crippen LogP contribution in [-0.2, 0) is 4.79 Å². The van der Waals surface area contributed by atoms with E-state index < -0.39 is 0 Å². The number of nitriles is 1. The molecule has 72 valence electrons. The van der Waals surface area contributed by atoms with Crippen molar-refractivity contribution >= 4 is 5.91 Å². The third-order valence-corrected chi connectivity index (χ3v) is 2.53. The molecule has 1 saturated carbocycles. The maximum absolute atomic E-state index is 10.7. The first kappa shape index (κ1) is 10.0. The molecule has 1 amide bonds. The Labute approximate surface area is 78.1 Å². The lowest BCUT2D eigenvalue weighted by Crippen LogP contribution is -2.43. The number of nitrogens with zero attached hydrogens (tertiary/aromatic N) is 1. The Morgan fingerprint density at radius 1 is 1.69 bits per heavy atom. The van der Waals surface area contributed by atoms with E-state index in [1.807, 2.05) is 0 Å². The van der Waals surface area contributed by atoms with Crippen LogP contribution in [0.1, 0.15) is 26.2 Å². The summed E-state index contributed by atoms with van der Waals surface area (Å²) in [5, 5.41) is 11.8. The smallest absolute Gasteiger partial charge is 0.234 e. The van der Waals surface area contributed by atoms with Crippen molar-refractivity contribution < 1.29 is 4.79 Å². The van der Waals surface area contributed by atoms with Gasteiger partial charge >= 0.3 is 0 Å². The van der Waals surface area contributed by atoms with Crippen molar-refractivity contribution in [2.24, 2.45) is 11.7 Å². The van der Waals surface area contributed by atoms with Crippen molar-refractivity contribution in [3.8, 4) is 6.07 Å². The lowest BCUT2D eigenvalue weighted by atomic mass is 10.1. The molecule has 2 unspecified atom stereocenters. The Kier molecular flexibility index (Phi) is 3.26. The maximum Gasteiger partial charge on any atom is 0.234 e. The number of rotatable bonds is 3. The summed E-state index contributed by atoms with van der Waals surface area (Å²) in [6.45, 7) is 1.75. The van der Waals surface area contributed by atoms with Gasteiger partial charge in [-0.05, 0) is 26.2 Å². The molecule has 0 saturated heterocycles. The highest BCUT2D eigenvalue weighted by atomic mass is 16.1. The van der Waals surface area contributed by atoms with Crippen LogP contribution in [0, 0.1) is 17.2 Å². The standard InChI is InChI=1S/C9H15N3O/c1-6(9(11)13)12-8-3-2-7(4-8)5-10/h6-8,12H,2-4H2,1H3,(H2,11,13)/t6-,7?,8?/m0/s1. The highest BCUT2D eigenvalue weighted by Gasteiger charge is 2.26. The summed E-state index contributed by atoms with van der Waals surface area (Å²) in [6, 6.07) is 2.24. The Morgan fingerprint density at radius 2 is 2.38 bits per heavy atom. The average molecular weight is 181 g/mol. The fourth-order valence-electron chi connectivity index (χ4n) is 1.69. The van der Waals surface area contributed by atoms with E-state index in [1.165, 1.54) is 0 Å². The van der Waals surface area contributed by atoms with Gasteiger partial charge in [-0.1, -0.05) is 0 Å². The molecule has 1 fully saturated rings. The Hall–Kier alpha value is -1.08. The predicted molar refractivity (Wildman–Crippen MR) is 48.5 cm³/mol. The summed E-state index contributed by atoms with van der Waals surface area (Å²) >= 11 is 0. The summed E-state index contributed by atoms with van der Waals surface area (Å²) in [6.07, 6.45) is 2.74. The number of nitrogens with one attached hydrogen (secondary N) is 1. The molecule has 0 spiro atoms. The minimum atomic E-state index is -0.333. The third-order valence-electron chi connectivity index (χ3n) is 2.53. The molecule has 4 heteroatoms. The molecule has 0 bridgehead atoms. The molecule has 0 aromatic carbocycles. The minimum absolute atomic E-state index is 0.151. The van der Waals surface area contributed by atoms with E-state index in [2.05, 4.69) is 11.4 Å². The number of nitrogens with two attached hydrogens (primary N) is 1. The van der Waals surface area contributed by atoms with Crippen LogP contribution in [0.2, 0.25) is 0 Å². The van der Waals surface area contributed by atoms with Gasteiger partial charge in [-0.15, -0.1) is 0 Å². The largest absolute Gasteiger partial charge is 0.368 e. The van der Waals surface area contributed by atoms with Crippen molar-refractivity contribution in [3.05, 3.63) is 0 Å². The lowest BCUT2D eigenvalue weighted by Gasteiger charge is -2.15.